The zero-order valence-electron chi connectivity index (χ0n) is 26.7. The molecule has 1 N–H and O–H groups in total. The van der Waals surface area contributed by atoms with Gasteiger partial charge < -0.3 is 24.7 Å². The van der Waals surface area contributed by atoms with Crippen LogP contribution in [0.25, 0.3) is 0 Å². The second-order valence-electron chi connectivity index (χ2n) is 13.6. The maximum absolute atomic E-state index is 14.6. The van der Waals surface area contributed by atoms with E-state index in [1.165, 1.54) is 16.7 Å². The fourth-order valence-corrected chi connectivity index (χ4v) is 8.96. The van der Waals surface area contributed by atoms with E-state index < -0.39 is 41.4 Å². The summed E-state index contributed by atoms with van der Waals surface area (Å²) in [5, 5.41) is 10.3. The predicted octanol–water partition coefficient (Wildman–Crippen LogP) is 2.39. The second-order valence-corrected chi connectivity index (χ2v) is 14.0. The third-order valence-corrected chi connectivity index (χ3v) is 11.3. The fraction of sp³-hybridized carbons (Fsp3) is 0.514. The van der Waals surface area contributed by atoms with Crippen molar-refractivity contribution < 1.29 is 33.9 Å². The summed E-state index contributed by atoms with van der Waals surface area (Å²) in [7, 11) is 0. The second kappa shape index (κ2) is 12.3. The van der Waals surface area contributed by atoms with E-state index in [2.05, 4.69) is 4.99 Å². The molecule has 1 aromatic rings. The summed E-state index contributed by atoms with van der Waals surface area (Å²) in [6.07, 6.45) is 10.9. The van der Waals surface area contributed by atoms with E-state index in [1.54, 1.807) is 40.1 Å². The zero-order valence-corrected chi connectivity index (χ0v) is 27.4. The lowest BCUT2D eigenvalue weighted by Crippen LogP contribution is -2.64. The van der Waals surface area contributed by atoms with Crippen LogP contribution in [0.15, 0.2) is 53.6 Å². The maximum Gasteiger partial charge on any atom is 0.326 e. The molecule has 12 nitrogen and oxygen atoms in total. The Balaban J connectivity index is 1.15. The molecule has 48 heavy (non-hydrogen) atoms. The average Bonchev–Trinajstić information content (AvgIpc) is 3.85. The number of amides is 5. The summed E-state index contributed by atoms with van der Waals surface area (Å²) in [6, 6.07) is 3.73. The van der Waals surface area contributed by atoms with E-state index >= 15 is 0 Å². The number of carbonyl (C=O) groups is 6. The normalized spacial score (nSPS) is 32.5. The molecule has 0 aromatic heterocycles. The van der Waals surface area contributed by atoms with Crippen LogP contribution in [-0.4, -0.2) is 115 Å². The number of hydrogen-bond acceptors (Lipinski definition) is 6. The van der Waals surface area contributed by atoms with Gasteiger partial charge in [-0.15, -0.1) is 0 Å². The standard InChI is InChI=1S/C35H38ClN5O7/c1-20(42)37-26(19-22-5-2-3-6-25(22)36)30(43)39-17-4-15-35(39)16-13-24-9-11-27(41(24)34(35)48)31(44)38-18-14-21-7-8-23-10-12-28(33(46)47)40(23)32(45)29(21)38/h2-3,5-8,13,16,21,23-24,27-29H,4,9-12,14-15,17-19H2,1H3,(H,46,47)/b37-26-/t21-,23-,24-,27-,28-,29-,35+/m0/s1. The number of benzene rings is 1. The van der Waals surface area contributed by atoms with Gasteiger partial charge in [0.15, 0.2) is 0 Å². The highest BCUT2D eigenvalue weighted by Crippen LogP contribution is 2.43. The summed E-state index contributed by atoms with van der Waals surface area (Å²) in [5.41, 5.74) is -0.740. The minimum Gasteiger partial charge on any atom is -0.480 e. The smallest absolute Gasteiger partial charge is 0.326 e. The molecule has 0 radical (unpaired) electrons. The monoisotopic (exact) mass is 675 g/mol. The van der Waals surface area contributed by atoms with Crippen LogP contribution < -0.4 is 0 Å². The van der Waals surface area contributed by atoms with Crippen LogP contribution in [-0.2, 0) is 35.2 Å². The minimum absolute atomic E-state index is 0.0105. The van der Waals surface area contributed by atoms with Gasteiger partial charge in [-0.1, -0.05) is 54.1 Å². The molecule has 1 spiro atoms. The molecular weight excluding hydrogens is 638 g/mol. The summed E-state index contributed by atoms with van der Waals surface area (Å²) in [4.78, 5) is 91.4. The van der Waals surface area contributed by atoms with E-state index in [9.17, 15) is 33.9 Å². The lowest BCUT2D eigenvalue weighted by atomic mass is 9.88. The molecule has 0 unspecified atom stereocenters. The van der Waals surface area contributed by atoms with Crippen molar-refractivity contribution in [3.05, 3.63) is 59.2 Å². The predicted molar refractivity (Wildman–Crippen MR) is 174 cm³/mol. The first-order valence-corrected chi connectivity index (χ1v) is 17.1. The highest BCUT2D eigenvalue weighted by atomic mass is 35.5. The average molecular weight is 676 g/mol. The summed E-state index contributed by atoms with van der Waals surface area (Å²) >= 11 is 6.38. The van der Waals surface area contributed by atoms with Crippen LogP contribution in [0.1, 0.15) is 57.4 Å². The van der Waals surface area contributed by atoms with Crippen molar-refractivity contribution in [2.75, 3.05) is 13.1 Å². The molecule has 6 aliphatic heterocycles. The van der Waals surface area contributed by atoms with Gasteiger partial charge in [0.05, 0.1) is 12.1 Å². The molecule has 0 aliphatic carbocycles. The Morgan fingerprint density at radius 1 is 0.938 bits per heavy atom. The highest BCUT2D eigenvalue weighted by molar-refractivity contribution is 6.42. The van der Waals surface area contributed by atoms with E-state index in [0.717, 1.165) is 0 Å². The Morgan fingerprint density at radius 2 is 1.67 bits per heavy atom. The van der Waals surface area contributed by atoms with Crippen LogP contribution in [0.4, 0.5) is 0 Å². The number of carboxylic acids is 1. The van der Waals surface area contributed by atoms with Crippen molar-refractivity contribution in [1.82, 2.24) is 19.6 Å². The first-order chi connectivity index (χ1) is 23.0. The molecular formula is C35H38ClN5O7. The van der Waals surface area contributed by atoms with Crippen LogP contribution in [0.5, 0.6) is 0 Å². The molecule has 4 fully saturated rings. The van der Waals surface area contributed by atoms with Crippen molar-refractivity contribution in [2.45, 2.75) is 94.0 Å². The lowest BCUT2D eigenvalue weighted by molar-refractivity contribution is -0.157. The van der Waals surface area contributed by atoms with Crippen molar-refractivity contribution in [3.63, 3.8) is 0 Å². The molecule has 4 saturated heterocycles. The first kappa shape index (κ1) is 32.2. The van der Waals surface area contributed by atoms with Crippen LogP contribution in [0.3, 0.4) is 0 Å². The number of likely N-dealkylation sites (tertiary alicyclic amines) is 2. The Labute approximate surface area is 283 Å². The van der Waals surface area contributed by atoms with Gasteiger partial charge in [0.1, 0.15) is 29.4 Å². The third kappa shape index (κ3) is 5.15. The molecule has 7 rings (SSSR count). The number of rotatable bonds is 5. The van der Waals surface area contributed by atoms with Crippen molar-refractivity contribution in [3.8, 4) is 0 Å². The third-order valence-electron chi connectivity index (χ3n) is 11.0. The number of hydrogen-bond donors (Lipinski definition) is 1. The van der Waals surface area contributed by atoms with Gasteiger partial charge in [-0.2, -0.15) is 0 Å². The number of fused-ring (bicyclic) bond motifs is 3. The number of carbonyl (C=O) groups excluding carboxylic acids is 5. The number of aliphatic carboxylic acids is 1. The van der Waals surface area contributed by atoms with Gasteiger partial charge >= 0.3 is 5.97 Å². The molecule has 0 bridgehead atoms. The zero-order chi connectivity index (χ0) is 33.9. The lowest BCUT2D eigenvalue weighted by Gasteiger charge is -2.44. The van der Waals surface area contributed by atoms with Gasteiger partial charge in [0, 0.05) is 37.4 Å². The summed E-state index contributed by atoms with van der Waals surface area (Å²) in [6.45, 7) is 1.85. The van der Waals surface area contributed by atoms with E-state index in [0.29, 0.717) is 62.1 Å². The fourth-order valence-electron chi connectivity index (χ4n) is 8.76. The number of nitrogens with zero attached hydrogens (tertiary/aromatic N) is 5. The SMILES string of the molecule is CC(=O)/N=C(/Cc1ccccc1Cl)C(=O)N1CCC[C@]12C=C[C@@H]1CC[C@@H](C(=O)N3CC[C@@H]4C=C[C@H]5CC[C@@H](C(=O)O)N5C(=O)[C@H]43)N1C2=O. The highest BCUT2D eigenvalue weighted by Gasteiger charge is 2.58. The molecule has 252 valence electrons. The van der Waals surface area contributed by atoms with E-state index in [-0.39, 0.29) is 54.4 Å². The topological polar surface area (TPSA) is 148 Å². The number of carboxylic acid groups (broad SMARTS) is 1. The Bertz CT molecular complexity index is 1690. The van der Waals surface area contributed by atoms with Crippen molar-refractivity contribution in [1.29, 1.82) is 0 Å². The van der Waals surface area contributed by atoms with Gasteiger partial charge in [-0.3, -0.25) is 24.0 Å². The number of aliphatic imine (C=N–C) groups is 1. The van der Waals surface area contributed by atoms with Gasteiger partial charge in [-0.05, 0) is 56.6 Å². The van der Waals surface area contributed by atoms with E-state index in [4.69, 9.17) is 11.6 Å². The first-order valence-electron chi connectivity index (χ1n) is 16.7. The molecule has 5 amide bonds. The van der Waals surface area contributed by atoms with Crippen LogP contribution in [0.2, 0.25) is 5.02 Å². The Morgan fingerprint density at radius 3 is 2.40 bits per heavy atom. The maximum atomic E-state index is 14.6. The number of halogens is 1. The van der Waals surface area contributed by atoms with Gasteiger partial charge in [0.2, 0.25) is 17.7 Å². The summed E-state index contributed by atoms with van der Waals surface area (Å²) in [5.74, 6) is -3.41. The Hall–Kier alpha value is -4.32. The molecule has 6 aliphatic rings. The molecule has 0 saturated carbocycles. The van der Waals surface area contributed by atoms with E-state index in [1.807, 2.05) is 18.2 Å². The Kier molecular flexibility index (Phi) is 8.25. The minimum atomic E-state index is -1.35. The summed E-state index contributed by atoms with van der Waals surface area (Å²) < 4.78 is 0. The van der Waals surface area contributed by atoms with Crippen LogP contribution >= 0.6 is 11.6 Å². The molecule has 7 atom stereocenters. The molecule has 6 heterocycles. The largest absolute Gasteiger partial charge is 0.480 e. The van der Waals surface area contributed by atoms with Crippen molar-refractivity contribution >= 4 is 52.8 Å². The molecule has 13 heteroatoms. The quantitative estimate of drug-likeness (QED) is 0.372. The van der Waals surface area contributed by atoms with Gasteiger partial charge in [0.25, 0.3) is 11.8 Å². The molecule has 1 aromatic carbocycles. The van der Waals surface area contributed by atoms with Gasteiger partial charge in [-0.25, -0.2) is 9.79 Å². The van der Waals surface area contributed by atoms with Crippen molar-refractivity contribution in [2.24, 2.45) is 10.9 Å². The van der Waals surface area contributed by atoms with Crippen LogP contribution in [0, 0.1) is 5.92 Å².